The zero-order chi connectivity index (χ0) is 26.4. The average Bonchev–Trinajstić information content (AvgIpc) is 3.16. The third-order valence-corrected chi connectivity index (χ3v) is 6.58. The van der Waals surface area contributed by atoms with Crippen LogP contribution in [0, 0.1) is 29.9 Å². The highest BCUT2D eigenvalue weighted by molar-refractivity contribution is 6.04. The third kappa shape index (κ3) is 4.09. The molecule has 4 aromatic rings. The van der Waals surface area contributed by atoms with Gasteiger partial charge in [0, 0.05) is 34.8 Å². The van der Waals surface area contributed by atoms with Crippen LogP contribution in [-0.2, 0) is 11.8 Å². The first-order valence-corrected chi connectivity index (χ1v) is 11.6. The van der Waals surface area contributed by atoms with E-state index in [1.807, 2.05) is 20.8 Å². The summed E-state index contributed by atoms with van der Waals surface area (Å²) in [4.78, 5) is 11.7. The van der Waals surface area contributed by atoms with Crippen molar-refractivity contribution >= 4 is 16.9 Å². The van der Waals surface area contributed by atoms with Gasteiger partial charge in [-0.05, 0) is 60.4 Å². The summed E-state index contributed by atoms with van der Waals surface area (Å²) >= 11 is 0. The van der Waals surface area contributed by atoms with E-state index in [0.29, 0.717) is 51.0 Å². The summed E-state index contributed by atoms with van der Waals surface area (Å²) in [6, 6.07) is 14.0. The van der Waals surface area contributed by atoms with E-state index < -0.39 is 17.2 Å². The molecule has 0 amide bonds. The zero-order valence-electron chi connectivity index (χ0n) is 20.5. The lowest BCUT2D eigenvalue weighted by Gasteiger charge is -2.27. The molecular weight excluding hydrogens is 462 g/mol. The first-order chi connectivity index (χ1) is 17.0. The van der Waals surface area contributed by atoms with Crippen molar-refractivity contribution in [3.63, 3.8) is 0 Å². The highest BCUT2D eigenvalue weighted by atomic mass is 19.1. The average molecular weight is 489 g/mol. The number of rotatable bonds is 6. The summed E-state index contributed by atoms with van der Waals surface area (Å²) in [5.74, 6) is -2.37. The molecule has 0 aliphatic rings. The van der Waals surface area contributed by atoms with Crippen molar-refractivity contribution < 1.29 is 23.8 Å². The molecule has 7 heteroatoms. The highest BCUT2D eigenvalue weighted by Gasteiger charge is 2.33. The molecule has 0 spiro atoms. The molecule has 36 heavy (non-hydrogen) atoms. The Bertz CT molecular complexity index is 1560. The molecule has 0 atom stereocenters. The van der Waals surface area contributed by atoms with Gasteiger partial charge in [-0.3, -0.25) is 0 Å². The summed E-state index contributed by atoms with van der Waals surface area (Å²) in [7, 11) is 0. The van der Waals surface area contributed by atoms with Crippen LogP contribution in [0.25, 0.3) is 27.7 Å². The summed E-state index contributed by atoms with van der Waals surface area (Å²) in [6.45, 7) is 7.23. The Labute approximate surface area is 207 Å². The van der Waals surface area contributed by atoms with E-state index in [9.17, 15) is 29.1 Å². The fourth-order valence-electron chi connectivity index (χ4n) is 4.85. The van der Waals surface area contributed by atoms with E-state index in [4.69, 9.17) is 0 Å². The molecule has 1 aromatic heterocycles. The molecule has 5 nitrogen and oxygen atoms in total. The van der Waals surface area contributed by atoms with E-state index in [-0.39, 0.29) is 23.6 Å². The number of hydrogen-bond donors (Lipinski definition) is 2. The minimum atomic E-state index is -1.04. The van der Waals surface area contributed by atoms with Crippen LogP contribution in [0.2, 0.25) is 0 Å². The van der Waals surface area contributed by atoms with Crippen LogP contribution < -0.4 is 0 Å². The van der Waals surface area contributed by atoms with Gasteiger partial charge in [-0.25, -0.2) is 13.6 Å². The smallest absolute Gasteiger partial charge is 0.335 e. The molecule has 0 bridgehead atoms. The molecule has 0 fully saturated rings. The van der Waals surface area contributed by atoms with E-state index in [1.54, 1.807) is 35.8 Å². The van der Waals surface area contributed by atoms with Crippen molar-refractivity contribution in [2.45, 2.75) is 46.0 Å². The number of hydrogen-bond acceptors (Lipinski definition) is 3. The van der Waals surface area contributed by atoms with Gasteiger partial charge < -0.3 is 14.8 Å². The van der Waals surface area contributed by atoms with Crippen molar-refractivity contribution in [1.82, 2.24) is 4.57 Å². The van der Waals surface area contributed by atoms with Crippen molar-refractivity contribution in [1.29, 1.82) is 5.26 Å². The Morgan fingerprint density at radius 2 is 1.83 bits per heavy atom. The fourth-order valence-corrected chi connectivity index (χ4v) is 4.85. The number of carboxylic acid groups (broad SMARTS) is 1. The first-order valence-electron chi connectivity index (χ1n) is 11.6. The summed E-state index contributed by atoms with van der Waals surface area (Å²) in [5.41, 5.74) is 3.10. The number of phenolic OH excluding ortho intramolecular Hbond substituents is 1. The van der Waals surface area contributed by atoms with Gasteiger partial charge in [-0.2, -0.15) is 5.26 Å². The molecule has 0 saturated carbocycles. The normalized spacial score (nSPS) is 11.6. The minimum Gasteiger partial charge on any atom is -0.507 e. The Kier molecular flexibility index (Phi) is 6.32. The molecular formula is C29H26F2N2O3. The Balaban J connectivity index is 2.24. The maximum absolute atomic E-state index is 14.6. The Morgan fingerprint density at radius 3 is 2.44 bits per heavy atom. The lowest BCUT2D eigenvalue weighted by Crippen LogP contribution is -2.22. The molecule has 2 N–H and O–H groups in total. The molecule has 3 aromatic carbocycles. The summed E-state index contributed by atoms with van der Waals surface area (Å²) < 4.78 is 30.6. The van der Waals surface area contributed by atoms with Crippen molar-refractivity contribution in [2.75, 3.05) is 0 Å². The van der Waals surface area contributed by atoms with Crippen molar-refractivity contribution in [3.8, 4) is 28.6 Å². The number of benzene rings is 3. The number of carbonyl (C=O) groups is 1. The zero-order valence-corrected chi connectivity index (χ0v) is 20.5. The lowest BCUT2D eigenvalue weighted by atomic mass is 9.81. The standard InChI is InChI=1S/C29H26F2N2O3/c1-5-17-13-18(6-8-21(17)28(35)36)25-26-23(14-19(30)15-24(26)34)33(27(25)29(3,4)10-11-32)20-7-9-22(31)16(2)12-20/h6-9,12-15,34H,5,10H2,1-4H3,(H,35,36). The third-order valence-electron chi connectivity index (χ3n) is 6.58. The van der Waals surface area contributed by atoms with Gasteiger partial charge in [-0.1, -0.05) is 32.9 Å². The number of carboxylic acids is 1. The number of halogens is 2. The second-order valence-corrected chi connectivity index (χ2v) is 9.56. The number of aromatic carboxylic acids is 1. The van der Waals surface area contributed by atoms with Gasteiger partial charge in [-0.15, -0.1) is 0 Å². The quantitative estimate of drug-likeness (QED) is 0.305. The molecule has 0 saturated heterocycles. The second-order valence-electron chi connectivity index (χ2n) is 9.56. The lowest BCUT2D eigenvalue weighted by molar-refractivity contribution is 0.0695. The number of fused-ring (bicyclic) bond motifs is 1. The number of nitriles is 1. The maximum Gasteiger partial charge on any atom is 0.335 e. The number of aromatic nitrogens is 1. The minimum absolute atomic E-state index is 0.105. The Morgan fingerprint density at radius 1 is 1.11 bits per heavy atom. The van der Waals surface area contributed by atoms with Gasteiger partial charge >= 0.3 is 5.97 Å². The molecule has 4 rings (SSSR count). The number of aromatic hydroxyl groups is 1. The summed E-state index contributed by atoms with van der Waals surface area (Å²) in [6.07, 6.45) is 0.566. The van der Waals surface area contributed by atoms with Gasteiger partial charge in [0.1, 0.15) is 17.4 Å². The van der Waals surface area contributed by atoms with Crippen molar-refractivity contribution in [2.24, 2.45) is 0 Å². The number of phenols is 1. The SMILES string of the molecule is CCc1cc(-c2c(C(C)(C)CC#N)n(-c3ccc(F)c(C)c3)c3cc(F)cc(O)c23)ccc1C(=O)O. The monoisotopic (exact) mass is 488 g/mol. The van der Waals surface area contributed by atoms with Gasteiger partial charge in [0.05, 0.1) is 22.5 Å². The predicted molar refractivity (Wildman–Crippen MR) is 135 cm³/mol. The fraction of sp³-hybridized carbons (Fsp3) is 0.241. The second kappa shape index (κ2) is 9.12. The van der Waals surface area contributed by atoms with E-state index in [2.05, 4.69) is 6.07 Å². The molecule has 0 unspecified atom stereocenters. The van der Waals surface area contributed by atoms with Gasteiger partial charge in [0.15, 0.2) is 0 Å². The van der Waals surface area contributed by atoms with Crippen LogP contribution in [-0.4, -0.2) is 20.7 Å². The van der Waals surface area contributed by atoms with E-state index in [1.165, 1.54) is 18.2 Å². The largest absolute Gasteiger partial charge is 0.507 e. The first kappa shape index (κ1) is 24.9. The number of aryl methyl sites for hydroxylation is 2. The van der Waals surface area contributed by atoms with Crippen molar-refractivity contribution in [3.05, 3.63) is 82.5 Å². The molecule has 0 radical (unpaired) electrons. The van der Waals surface area contributed by atoms with Gasteiger partial charge in [0.2, 0.25) is 0 Å². The van der Waals surface area contributed by atoms with Crippen LogP contribution in [0.3, 0.4) is 0 Å². The highest BCUT2D eigenvalue weighted by Crippen LogP contribution is 2.47. The molecule has 0 aliphatic carbocycles. The van der Waals surface area contributed by atoms with Gasteiger partial charge in [0.25, 0.3) is 0 Å². The summed E-state index contributed by atoms with van der Waals surface area (Å²) in [5, 5.41) is 30.6. The predicted octanol–water partition coefficient (Wildman–Crippen LogP) is 7.04. The topological polar surface area (TPSA) is 86.3 Å². The van der Waals surface area contributed by atoms with E-state index >= 15 is 0 Å². The molecule has 1 heterocycles. The number of nitrogens with zero attached hydrogens (tertiary/aromatic N) is 2. The van der Waals surface area contributed by atoms with Crippen LogP contribution in [0.5, 0.6) is 5.75 Å². The Hall–Kier alpha value is -4.18. The van der Waals surface area contributed by atoms with E-state index in [0.717, 1.165) is 6.07 Å². The molecule has 184 valence electrons. The van der Waals surface area contributed by atoms with Crippen LogP contribution >= 0.6 is 0 Å². The molecule has 0 aliphatic heterocycles. The van der Waals surface area contributed by atoms with Crippen LogP contribution in [0.1, 0.15) is 54.4 Å². The maximum atomic E-state index is 14.6. The van der Waals surface area contributed by atoms with Crippen LogP contribution in [0.4, 0.5) is 8.78 Å². The van der Waals surface area contributed by atoms with Crippen LogP contribution in [0.15, 0.2) is 48.5 Å².